The molecule has 1 aliphatic rings. The molecule has 6 heteroatoms. The average Bonchev–Trinajstić information content (AvgIpc) is 2.45. The van der Waals surface area contributed by atoms with Gasteiger partial charge in [0.05, 0.1) is 6.26 Å². The van der Waals surface area contributed by atoms with E-state index < -0.39 is 22.0 Å². The quantitative estimate of drug-likeness (QED) is 0.791. The smallest absolute Gasteiger partial charge is 0.324 e. The molecule has 0 bridgehead atoms. The predicted octanol–water partition coefficient (Wildman–Crippen LogP) is 1.54. The second-order valence-corrected chi connectivity index (χ2v) is 6.91. The van der Waals surface area contributed by atoms with Gasteiger partial charge in [-0.3, -0.25) is 4.79 Å². The molecule has 0 spiro atoms. The number of esters is 1. The zero-order valence-electron chi connectivity index (χ0n) is 11.5. The molecule has 1 fully saturated rings. The van der Waals surface area contributed by atoms with Crippen LogP contribution in [0.3, 0.4) is 0 Å². The van der Waals surface area contributed by atoms with Gasteiger partial charge in [0.1, 0.15) is 12.6 Å². The minimum Gasteiger partial charge on any atom is -0.460 e. The lowest BCUT2D eigenvalue weighted by Gasteiger charge is -2.31. The van der Waals surface area contributed by atoms with Crippen molar-refractivity contribution >= 4 is 16.0 Å². The zero-order chi connectivity index (χ0) is 14.6. The van der Waals surface area contributed by atoms with Crippen LogP contribution in [0.25, 0.3) is 0 Å². The van der Waals surface area contributed by atoms with Gasteiger partial charge in [-0.1, -0.05) is 30.3 Å². The maximum Gasteiger partial charge on any atom is 0.324 e. The van der Waals surface area contributed by atoms with Crippen molar-refractivity contribution < 1.29 is 17.9 Å². The minimum absolute atomic E-state index is 0.174. The fraction of sp³-hybridized carbons (Fsp3) is 0.500. The van der Waals surface area contributed by atoms with E-state index >= 15 is 0 Å². The molecular formula is C14H19NO4S. The molecule has 1 atom stereocenters. The molecule has 1 saturated heterocycles. The molecule has 1 aromatic rings. The summed E-state index contributed by atoms with van der Waals surface area (Å²) < 4.78 is 29.9. The van der Waals surface area contributed by atoms with Gasteiger partial charge in [-0.2, -0.15) is 4.31 Å². The molecule has 2 rings (SSSR count). The number of rotatable bonds is 4. The molecule has 110 valence electrons. The summed E-state index contributed by atoms with van der Waals surface area (Å²) in [4.78, 5) is 12.1. The maximum absolute atomic E-state index is 12.1. The highest BCUT2D eigenvalue weighted by atomic mass is 32.2. The summed E-state index contributed by atoms with van der Waals surface area (Å²) in [5, 5.41) is 0. The van der Waals surface area contributed by atoms with Crippen molar-refractivity contribution in [1.29, 1.82) is 0 Å². The number of nitrogens with zero attached hydrogens (tertiary/aromatic N) is 1. The first-order valence-corrected chi connectivity index (χ1v) is 8.50. The molecule has 1 heterocycles. The van der Waals surface area contributed by atoms with Gasteiger partial charge in [-0.25, -0.2) is 8.42 Å². The second kappa shape index (κ2) is 6.37. The number of ether oxygens (including phenoxy) is 1. The highest BCUT2D eigenvalue weighted by molar-refractivity contribution is 7.88. The van der Waals surface area contributed by atoms with Crippen molar-refractivity contribution in [3.8, 4) is 0 Å². The van der Waals surface area contributed by atoms with E-state index in [0.29, 0.717) is 13.0 Å². The van der Waals surface area contributed by atoms with E-state index in [1.807, 2.05) is 30.3 Å². The lowest BCUT2D eigenvalue weighted by molar-refractivity contribution is -0.150. The van der Waals surface area contributed by atoms with E-state index in [9.17, 15) is 13.2 Å². The Kier molecular flexibility index (Phi) is 4.77. The Balaban J connectivity index is 2.00. The highest BCUT2D eigenvalue weighted by Gasteiger charge is 2.35. The van der Waals surface area contributed by atoms with Gasteiger partial charge in [0.2, 0.25) is 10.0 Å². The van der Waals surface area contributed by atoms with Crippen LogP contribution in [0.2, 0.25) is 0 Å². The van der Waals surface area contributed by atoms with Gasteiger partial charge >= 0.3 is 5.97 Å². The van der Waals surface area contributed by atoms with Crippen LogP contribution in [0.4, 0.5) is 0 Å². The third-order valence-corrected chi connectivity index (χ3v) is 4.66. The minimum atomic E-state index is -3.37. The molecular weight excluding hydrogens is 278 g/mol. The van der Waals surface area contributed by atoms with Crippen LogP contribution >= 0.6 is 0 Å². The second-order valence-electron chi connectivity index (χ2n) is 4.98. The summed E-state index contributed by atoms with van der Waals surface area (Å²) in [6.45, 7) is 0.567. The number of hydrogen-bond acceptors (Lipinski definition) is 4. The molecule has 0 aliphatic carbocycles. The average molecular weight is 297 g/mol. The van der Waals surface area contributed by atoms with Crippen LogP contribution in [0.1, 0.15) is 24.8 Å². The third-order valence-electron chi connectivity index (χ3n) is 3.38. The largest absolute Gasteiger partial charge is 0.460 e. The summed E-state index contributed by atoms with van der Waals surface area (Å²) in [7, 11) is -3.37. The normalized spacial score (nSPS) is 20.6. The van der Waals surface area contributed by atoms with Crippen LogP contribution in [-0.4, -0.2) is 37.5 Å². The molecule has 0 N–H and O–H groups in total. The number of sulfonamides is 1. The SMILES string of the molecule is CS(=O)(=O)N1CCCCC1C(=O)OCc1ccccc1. The summed E-state index contributed by atoms with van der Waals surface area (Å²) in [6, 6.07) is 8.67. The Morgan fingerprint density at radius 1 is 1.30 bits per heavy atom. The Bertz CT molecular complexity index is 556. The van der Waals surface area contributed by atoms with Crippen molar-refractivity contribution in [2.75, 3.05) is 12.8 Å². The number of piperidine rings is 1. The van der Waals surface area contributed by atoms with Crippen LogP contribution in [0.5, 0.6) is 0 Å². The van der Waals surface area contributed by atoms with Gasteiger partial charge in [0.25, 0.3) is 0 Å². The first-order valence-electron chi connectivity index (χ1n) is 6.66. The number of carbonyl (C=O) groups excluding carboxylic acids is 1. The van der Waals surface area contributed by atoms with Crippen LogP contribution in [0.15, 0.2) is 30.3 Å². The van der Waals surface area contributed by atoms with Gasteiger partial charge in [-0.05, 0) is 24.8 Å². The summed E-state index contributed by atoms with van der Waals surface area (Å²) >= 11 is 0. The third kappa shape index (κ3) is 3.80. The van der Waals surface area contributed by atoms with Crippen molar-refractivity contribution in [3.05, 3.63) is 35.9 Å². The van der Waals surface area contributed by atoms with E-state index in [0.717, 1.165) is 24.7 Å². The molecule has 0 saturated carbocycles. The Labute approximate surface area is 119 Å². The lowest BCUT2D eigenvalue weighted by atomic mass is 10.1. The zero-order valence-corrected chi connectivity index (χ0v) is 12.3. The Morgan fingerprint density at radius 3 is 2.65 bits per heavy atom. The van der Waals surface area contributed by atoms with E-state index in [4.69, 9.17) is 4.74 Å². The fourth-order valence-electron chi connectivity index (χ4n) is 2.36. The van der Waals surface area contributed by atoms with Crippen molar-refractivity contribution in [2.45, 2.75) is 31.9 Å². The topological polar surface area (TPSA) is 63.7 Å². The highest BCUT2D eigenvalue weighted by Crippen LogP contribution is 2.21. The number of benzene rings is 1. The van der Waals surface area contributed by atoms with E-state index in [2.05, 4.69) is 0 Å². The van der Waals surface area contributed by atoms with Crippen LogP contribution in [0, 0.1) is 0 Å². The molecule has 1 unspecified atom stereocenters. The predicted molar refractivity (Wildman–Crippen MR) is 75.4 cm³/mol. The van der Waals surface area contributed by atoms with Crippen LogP contribution < -0.4 is 0 Å². The van der Waals surface area contributed by atoms with E-state index in [1.165, 1.54) is 4.31 Å². The summed E-state index contributed by atoms with van der Waals surface area (Å²) in [5.41, 5.74) is 0.891. The van der Waals surface area contributed by atoms with Crippen molar-refractivity contribution in [3.63, 3.8) is 0 Å². The fourth-order valence-corrected chi connectivity index (χ4v) is 3.48. The summed E-state index contributed by atoms with van der Waals surface area (Å²) in [5.74, 6) is -0.459. The monoisotopic (exact) mass is 297 g/mol. The Hall–Kier alpha value is -1.40. The molecule has 5 nitrogen and oxygen atoms in total. The van der Waals surface area contributed by atoms with Gasteiger partial charge in [-0.15, -0.1) is 0 Å². The molecule has 0 amide bonds. The van der Waals surface area contributed by atoms with Gasteiger partial charge in [0.15, 0.2) is 0 Å². The van der Waals surface area contributed by atoms with Crippen molar-refractivity contribution in [2.24, 2.45) is 0 Å². The first-order chi connectivity index (χ1) is 9.48. The molecule has 0 radical (unpaired) electrons. The van der Waals surface area contributed by atoms with Crippen molar-refractivity contribution in [1.82, 2.24) is 4.31 Å². The molecule has 0 aromatic heterocycles. The number of hydrogen-bond donors (Lipinski definition) is 0. The van der Waals surface area contributed by atoms with Gasteiger partial charge in [0, 0.05) is 6.54 Å². The van der Waals surface area contributed by atoms with Crippen LogP contribution in [-0.2, 0) is 26.2 Å². The Morgan fingerprint density at radius 2 is 2.00 bits per heavy atom. The molecule has 1 aliphatic heterocycles. The van der Waals surface area contributed by atoms with E-state index in [-0.39, 0.29) is 6.61 Å². The standard InChI is InChI=1S/C14H19NO4S/c1-20(17,18)15-10-6-5-9-13(15)14(16)19-11-12-7-3-2-4-8-12/h2-4,7-8,13H,5-6,9-11H2,1H3. The maximum atomic E-state index is 12.1. The van der Waals surface area contributed by atoms with Gasteiger partial charge < -0.3 is 4.74 Å². The first kappa shape index (κ1) is 15.0. The molecule has 1 aromatic carbocycles. The summed E-state index contributed by atoms with van der Waals surface area (Å²) in [6.07, 6.45) is 3.29. The van der Waals surface area contributed by atoms with E-state index in [1.54, 1.807) is 0 Å². The lowest BCUT2D eigenvalue weighted by Crippen LogP contribution is -2.48. The molecule has 20 heavy (non-hydrogen) atoms. The number of carbonyl (C=O) groups is 1.